The van der Waals surface area contributed by atoms with Gasteiger partial charge >= 0.3 is 0 Å². The van der Waals surface area contributed by atoms with E-state index in [-0.39, 0.29) is 24.2 Å². The number of aliphatic hydroxyl groups is 1. The molecular formula is C32H35FN8O2S. The summed E-state index contributed by atoms with van der Waals surface area (Å²) in [5, 5.41) is 24.7. The van der Waals surface area contributed by atoms with Crippen molar-refractivity contribution < 1.29 is 14.3 Å². The van der Waals surface area contributed by atoms with Crippen molar-refractivity contribution in [2.45, 2.75) is 25.7 Å². The zero-order valence-corrected chi connectivity index (χ0v) is 25.7. The van der Waals surface area contributed by atoms with E-state index in [0.717, 1.165) is 40.9 Å². The highest BCUT2D eigenvalue weighted by Crippen LogP contribution is 2.48. The molecule has 7 rings (SSSR count). The summed E-state index contributed by atoms with van der Waals surface area (Å²) in [7, 11) is 1.95. The number of hydrogen-bond acceptors (Lipinski definition) is 9. The number of carbonyl (C=O) groups is 1. The van der Waals surface area contributed by atoms with Crippen LogP contribution in [0.4, 0.5) is 20.9 Å². The van der Waals surface area contributed by atoms with Crippen molar-refractivity contribution in [2.75, 3.05) is 69.3 Å². The quantitative estimate of drug-likeness (QED) is 0.318. The van der Waals surface area contributed by atoms with Gasteiger partial charge in [0.2, 0.25) is 5.91 Å². The molecule has 5 heterocycles. The van der Waals surface area contributed by atoms with Gasteiger partial charge in [0.25, 0.3) is 0 Å². The lowest BCUT2D eigenvalue weighted by Gasteiger charge is -2.41. The number of fused-ring (bicyclic) bond motifs is 1. The van der Waals surface area contributed by atoms with Crippen molar-refractivity contribution in [2.24, 2.45) is 5.92 Å². The first-order valence-corrected chi connectivity index (χ1v) is 15.9. The van der Waals surface area contributed by atoms with E-state index < -0.39 is 0 Å². The molecule has 3 aromatic heterocycles. The van der Waals surface area contributed by atoms with Gasteiger partial charge in [0, 0.05) is 70.3 Å². The first-order valence-electron chi connectivity index (χ1n) is 15.1. The smallest absolute Gasteiger partial charge is 0.236 e. The maximum atomic E-state index is 15.6. The first kappa shape index (κ1) is 28.7. The number of anilines is 3. The molecule has 0 radical (unpaired) electrons. The van der Waals surface area contributed by atoms with Gasteiger partial charge in [-0.15, -0.1) is 0 Å². The molecule has 0 bridgehead atoms. The van der Waals surface area contributed by atoms with E-state index in [4.69, 9.17) is 10.1 Å². The van der Waals surface area contributed by atoms with Crippen molar-refractivity contribution in [3.05, 3.63) is 58.5 Å². The summed E-state index contributed by atoms with van der Waals surface area (Å²) < 4.78 is 17.2. The van der Waals surface area contributed by atoms with Gasteiger partial charge in [0.15, 0.2) is 10.9 Å². The molecule has 0 unspecified atom stereocenters. The van der Waals surface area contributed by atoms with E-state index in [1.54, 1.807) is 9.42 Å². The van der Waals surface area contributed by atoms with E-state index in [9.17, 15) is 15.2 Å². The fourth-order valence-electron chi connectivity index (χ4n) is 6.14. The predicted octanol–water partition coefficient (Wildman–Crippen LogP) is 4.00. The van der Waals surface area contributed by atoms with Gasteiger partial charge in [-0.1, -0.05) is 41.2 Å². The monoisotopic (exact) mass is 614 g/mol. The summed E-state index contributed by atoms with van der Waals surface area (Å²) in [5.74, 6) is 0.258. The number of rotatable bonds is 8. The Balaban J connectivity index is 1.15. The maximum absolute atomic E-state index is 15.6. The zero-order valence-electron chi connectivity index (χ0n) is 24.9. The third-order valence-electron chi connectivity index (χ3n) is 8.97. The van der Waals surface area contributed by atoms with Gasteiger partial charge in [0.05, 0.1) is 35.3 Å². The Bertz CT molecular complexity index is 1740. The van der Waals surface area contributed by atoms with Crippen LogP contribution in [0.1, 0.15) is 34.9 Å². The Kier molecular flexibility index (Phi) is 7.48. The number of halogens is 1. The number of aryl methyl sites for hydroxylation is 1. The topological polar surface area (TPSA) is 104 Å². The molecule has 1 amide bonds. The number of nitrogens with zero attached hydrogens (tertiary/aromatic N) is 8. The summed E-state index contributed by atoms with van der Waals surface area (Å²) in [6.07, 6.45) is 3.54. The Hall–Kier alpha value is -4.05. The Labute approximate surface area is 259 Å². The summed E-state index contributed by atoms with van der Waals surface area (Å²) in [5.41, 5.74) is 5.83. The van der Waals surface area contributed by atoms with Crippen molar-refractivity contribution in [3.8, 4) is 17.3 Å². The SMILES string of the molecule is Cc1ccc(-c2nc(N(C)c3c(C4CC4)nn4cc(F)c(N5CCN(CC(=O)N6CC(CO)C6)CC5)cc34)sc2C#N)cc1. The van der Waals surface area contributed by atoms with Gasteiger partial charge in [-0.2, -0.15) is 10.4 Å². The molecule has 3 fully saturated rings. The van der Waals surface area contributed by atoms with Crippen molar-refractivity contribution in [1.29, 1.82) is 5.26 Å². The van der Waals surface area contributed by atoms with Crippen LogP contribution in [0.2, 0.25) is 0 Å². The first-order chi connectivity index (χ1) is 21.3. The molecule has 1 aliphatic carbocycles. The molecule has 228 valence electrons. The maximum Gasteiger partial charge on any atom is 0.236 e. The van der Waals surface area contributed by atoms with E-state index in [1.165, 1.54) is 17.5 Å². The minimum absolute atomic E-state index is 0.0857. The van der Waals surface area contributed by atoms with Crippen LogP contribution in [-0.2, 0) is 4.79 Å². The standard InChI is InChI=1S/C32H35FN8O2S/c1-20-3-5-22(6-4-20)29-27(14-34)44-32(35-29)37(2)31-26-13-25(24(33)17-41(26)36-30(31)23-7-8-23)39-11-9-38(10-12-39)18-28(43)40-15-21(16-40)19-42/h3-6,13,17,21,23,42H,7-12,15-16,18-19H2,1-2H3. The molecule has 2 aliphatic heterocycles. The van der Waals surface area contributed by atoms with Crippen molar-refractivity contribution in [3.63, 3.8) is 0 Å². The van der Waals surface area contributed by atoms with Gasteiger partial charge in [-0.05, 0) is 25.8 Å². The molecule has 1 saturated carbocycles. The number of amides is 1. The highest BCUT2D eigenvalue weighted by atomic mass is 32.1. The van der Waals surface area contributed by atoms with Crippen LogP contribution in [0.3, 0.4) is 0 Å². The van der Waals surface area contributed by atoms with E-state index in [1.807, 2.05) is 54.1 Å². The van der Waals surface area contributed by atoms with Crippen LogP contribution in [0.5, 0.6) is 0 Å². The lowest BCUT2D eigenvalue weighted by Crippen LogP contribution is -2.56. The lowest BCUT2D eigenvalue weighted by molar-refractivity contribution is -0.139. The zero-order chi connectivity index (χ0) is 30.5. The molecule has 1 aromatic carbocycles. The van der Waals surface area contributed by atoms with Gasteiger partial charge in [-0.25, -0.2) is 13.9 Å². The fraction of sp³-hybridized carbons (Fsp3) is 0.438. The molecule has 1 N–H and O–H groups in total. The van der Waals surface area contributed by atoms with Gasteiger partial charge < -0.3 is 19.8 Å². The minimum atomic E-state index is -0.334. The average Bonchev–Trinajstić information content (AvgIpc) is 3.65. The molecular weight excluding hydrogens is 579 g/mol. The molecule has 0 atom stereocenters. The fourth-order valence-corrected chi connectivity index (χ4v) is 6.99. The average molecular weight is 615 g/mol. The predicted molar refractivity (Wildman–Crippen MR) is 168 cm³/mol. The lowest BCUT2D eigenvalue weighted by atomic mass is 10.0. The largest absolute Gasteiger partial charge is 0.396 e. The van der Waals surface area contributed by atoms with Crippen LogP contribution in [0, 0.1) is 30.0 Å². The second-order valence-corrected chi connectivity index (χ2v) is 13.1. The van der Waals surface area contributed by atoms with E-state index >= 15 is 4.39 Å². The number of thiazole rings is 1. The normalized spacial score (nSPS) is 17.6. The van der Waals surface area contributed by atoms with Crippen molar-refractivity contribution in [1.82, 2.24) is 24.4 Å². The van der Waals surface area contributed by atoms with Crippen LogP contribution in [-0.4, -0.2) is 94.9 Å². The molecule has 2 saturated heterocycles. The number of benzene rings is 1. The number of carbonyl (C=O) groups excluding carboxylic acids is 1. The number of piperazine rings is 1. The molecule has 44 heavy (non-hydrogen) atoms. The Morgan fingerprint density at radius 2 is 1.91 bits per heavy atom. The number of hydrogen-bond donors (Lipinski definition) is 1. The molecule has 3 aliphatic rings. The van der Waals surface area contributed by atoms with Crippen LogP contribution in [0.15, 0.2) is 36.5 Å². The molecule has 12 heteroatoms. The summed E-state index contributed by atoms with van der Waals surface area (Å²) in [4.78, 5) is 26.0. The molecule has 4 aromatic rings. The number of aliphatic hydroxyl groups excluding tert-OH is 1. The van der Waals surface area contributed by atoms with Crippen LogP contribution >= 0.6 is 11.3 Å². The highest BCUT2D eigenvalue weighted by Gasteiger charge is 2.34. The Morgan fingerprint density at radius 3 is 2.57 bits per heavy atom. The summed E-state index contributed by atoms with van der Waals surface area (Å²) in [6, 6.07) is 12.2. The van der Waals surface area contributed by atoms with E-state index in [2.05, 4.69) is 11.0 Å². The number of aromatic nitrogens is 3. The summed E-state index contributed by atoms with van der Waals surface area (Å²) in [6.45, 7) is 6.26. The Morgan fingerprint density at radius 1 is 1.18 bits per heavy atom. The third kappa shape index (κ3) is 5.29. The van der Waals surface area contributed by atoms with Gasteiger partial charge in [-0.3, -0.25) is 9.69 Å². The van der Waals surface area contributed by atoms with Crippen LogP contribution in [0.25, 0.3) is 16.8 Å². The number of nitriles is 1. The summed E-state index contributed by atoms with van der Waals surface area (Å²) >= 11 is 1.35. The number of likely N-dealkylation sites (tertiary alicyclic amines) is 1. The second kappa shape index (κ2) is 11.5. The van der Waals surface area contributed by atoms with Crippen molar-refractivity contribution >= 4 is 39.3 Å². The van der Waals surface area contributed by atoms with Gasteiger partial charge in [0.1, 0.15) is 16.6 Å². The molecule has 10 nitrogen and oxygen atoms in total. The third-order valence-corrected chi connectivity index (χ3v) is 10.0. The minimum Gasteiger partial charge on any atom is -0.396 e. The second-order valence-electron chi connectivity index (χ2n) is 12.2. The highest BCUT2D eigenvalue weighted by molar-refractivity contribution is 7.16. The number of pyridine rings is 1. The van der Waals surface area contributed by atoms with E-state index in [0.29, 0.717) is 73.1 Å². The van der Waals surface area contributed by atoms with Crippen LogP contribution < -0.4 is 9.80 Å². The molecule has 0 spiro atoms.